The van der Waals surface area contributed by atoms with Crippen LogP contribution in [0.15, 0.2) is 60.9 Å². The number of benzene rings is 2. The van der Waals surface area contributed by atoms with Gasteiger partial charge in [-0.1, -0.05) is 25.1 Å². The van der Waals surface area contributed by atoms with Gasteiger partial charge in [0.15, 0.2) is 0 Å². The number of carbonyl (C=O) groups excluding carboxylic acids is 2. The largest absolute Gasteiger partial charge is 0.322 e. The third-order valence-electron chi connectivity index (χ3n) is 4.65. The summed E-state index contributed by atoms with van der Waals surface area (Å²) in [6.07, 6.45) is 3.83. The number of anilines is 2. The normalized spacial score (nSPS) is 10.4. The Balaban J connectivity index is 1.72. The maximum atomic E-state index is 12.5. The Morgan fingerprint density at radius 1 is 0.786 bits per heavy atom. The van der Waals surface area contributed by atoms with Gasteiger partial charge in [0, 0.05) is 23.8 Å². The van der Waals surface area contributed by atoms with Crippen molar-refractivity contribution in [2.45, 2.75) is 27.2 Å². The molecule has 0 aliphatic rings. The average molecular weight is 373 g/mol. The van der Waals surface area contributed by atoms with Crippen molar-refractivity contribution in [2.24, 2.45) is 0 Å². The van der Waals surface area contributed by atoms with Gasteiger partial charge in [0.1, 0.15) is 0 Å². The third-order valence-corrected chi connectivity index (χ3v) is 4.65. The summed E-state index contributed by atoms with van der Waals surface area (Å²) >= 11 is 0. The molecule has 3 rings (SSSR count). The van der Waals surface area contributed by atoms with Gasteiger partial charge in [0.25, 0.3) is 11.8 Å². The van der Waals surface area contributed by atoms with Crippen molar-refractivity contribution < 1.29 is 9.59 Å². The summed E-state index contributed by atoms with van der Waals surface area (Å²) in [7, 11) is 0. The van der Waals surface area contributed by atoms with E-state index in [0.29, 0.717) is 22.5 Å². The Labute approximate surface area is 164 Å². The Morgan fingerprint density at radius 2 is 1.36 bits per heavy atom. The van der Waals surface area contributed by atoms with E-state index in [4.69, 9.17) is 0 Å². The van der Waals surface area contributed by atoms with Crippen LogP contribution >= 0.6 is 0 Å². The molecule has 0 saturated heterocycles. The first-order valence-electron chi connectivity index (χ1n) is 9.20. The highest BCUT2D eigenvalue weighted by molar-refractivity contribution is 6.08. The number of amides is 2. The molecule has 3 aromatic rings. The van der Waals surface area contributed by atoms with Crippen LogP contribution in [0.4, 0.5) is 11.4 Å². The van der Waals surface area contributed by atoms with Gasteiger partial charge < -0.3 is 10.6 Å². The lowest BCUT2D eigenvalue weighted by Crippen LogP contribution is -2.16. The monoisotopic (exact) mass is 373 g/mol. The van der Waals surface area contributed by atoms with E-state index >= 15 is 0 Å². The highest BCUT2D eigenvalue weighted by atomic mass is 16.2. The molecule has 2 aromatic carbocycles. The number of carbonyl (C=O) groups is 2. The van der Waals surface area contributed by atoms with Gasteiger partial charge in [-0.3, -0.25) is 14.6 Å². The summed E-state index contributed by atoms with van der Waals surface area (Å²) in [5.41, 5.74) is 5.51. The Bertz CT molecular complexity index is 1010. The van der Waals surface area contributed by atoms with Crippen molar-refractivity contribution in [2.75, 3.05) is 10.6 Å². The molecule has 1 aromatic heterocycles. The van der Waals surface area contributed by atoms with Crippen LogP contribution in [0.3, 0.4) is 0 Å². The fraction of sp³-hybridized carbons (Fsp3) is 0.174. The predicted molar refractivity (Wildman–Crippen MR) is 112 cm³/mol. The van der Waals surface area contributed by atoms with Crippen LogP contribution in [0.2, 0.25) is 0 Å². The van der Waals surface area contributed by atoms with Gasteiger partial charge in [-0.05, 0) is 67.3 Å². The van der Waals surface area contributed by atoms with Crippen LogP contribution in [0.25, 0.3) is 0 Å². The van der Waals surface area contributed by atoms with Crippen molar-refractivity contribution in [3.05, 3.63) is 88.7 Å². The summed E-state index contributed by atoms with van der Waals surface area (Å²) < 4.78 is 0. The molecule has 1 heterocycles. The predicted octanol–water partition coefficient (Wildman–Crippen LogP) is 4.77. The van der Waals surface area contributed by atoms with Gasteiger partial charge >= 0.3 is 0 Å². The molecule has 0 unspecified atom stereocenters. The lowest BCUT2D eigenvalue weighted by Gasteiger charge is -2.09. The lowest BCUT2D eigenvalue weighted by molar-refractivity contribution is 0.102. The minimum atomic E-state index is -0.308. The van der Waals surface area contributed by atoms with Gasteiger partial charge in [-0.15, -0.1) is 0 Å². The topological polar surface area (TPSA) is 71.1 Å². The Kier molecular flexibility index (Phi) is 5.84. The van der Waals surface area contributed by atoms with Crippen LogP contribution < -0.4 is 10.6 Å². The molecule has 0 fully saturated rings. The van der Waals surface area contributed by atoms with E-state index in [2.05, 4.69) is 22.5 Å². The van der Waals surface area contributed by atoms with Crippen LogP contribution in [0.1, 0.15) is 44.3 Å². The quantitative estimate of drug-likeness (QED) is 0.677. The fourth-order valence-electron chi connectivity index (χ4n) is 2.74. The number of aromatic nitrogens is 1. The minimum absolute atomic E-state index is 0.308. The van der Waals surface area contributed by atoms with Gasteiger partial charge in [-0.25, -0.2) is 0 Å². The van der Waals surface area contributed by atoms with Crippen molar-refractivity contribution in [3.8, 4) is 0 Å². The molecule has 0 saturated carbocycles. The van der Waals surface area contributed by atoms with Crippen LogP contribution in [0.5, 0.6) is 0 Å². The van der Waals surface area contributed by atoms with E-state index in [1.54, 1.807) is 6.07 Å². The molecule has 0 atom stereocenters. The number of hydrogen-bond acceptors (Lipinski definition) is 3. The molecule has 142 valence electrons. The second-order valence-electron chi connectivity index (χ2n) is 6.72. The van der Waals surface area contributed by atoms with E-state index in [1.165, 1.54) is 18.0 Å². The smallest absolute Gasteiger partial charge is 0.257 e. The molecule has 2 amide bonds. The Hall–Kier alpha value is -3.47. The first-order valence-corrected chi connectivity index (χ1v) is 9.20. The standard InChI is InChI=1S/C23H23N3O2/c1-4-17-6-9-20(10-7-17)25-22(27)18-12-19(14-24-13-18)23(28)26-21-8-5-15(2)16(3)11-21/h5-14H,4H2,1-3H3,(H,25,27)(H,26,28). The maximum Gasteiger partial charge on any atom is 0.257 e. The first-order chi connectivity index (χ1) is 13.5. The zero-order chi connectivity index (χ0) is 20.1. The number of pyridine rings is 1. The summed E-state index contributed by atoms with van der Waals surface area (Å²) in [4.78, 5) is 29.1. The first kappa shape index (κ1) is 19.3. The van der Waals surface area contributed by atoms with Crippen molar-refractivity contribution in [1.29, 1.82) is 0 Å². The van der Waals surface area contributed by atoms with E-state index in [-0.39, 0.29) is 11.8 Å². The number of nitrogens with zero attached hydrogens (tertiary/aromatic N) is 1. The lowest BCUT2D eigenvalue weighted by atomic mass is 10.1. The summed E-state index contributed by atoms with van der Waals surface area (Å²) in [5, 5.41) is 5.67. The SMILES string of the molecule is CCc1ccc(NC(=O)c2cncc(C(=O)Nc3ccc(C)c(C)c3)c2)cc1. The van der Waals surface area contributed by atoms with E-state index in [0.717, 1.165) is 17.5 Å². The van der Waals surface area contributed by atoms with Crippen LogP contribution in [0, 0.1) is 13.8 Å². The fourth-order valence-corrected chi connectivity index (χ4v) is 2.74. The highest BCUT2D eigenvalue weighted by Crippen LogP contribution is 2.16. The zero-order valence-electron chi connectivity index (χ0n) is 16.2. The highest BCUT2D eigenvalue weighted by Gasteiger charge is 2.12. The molecule has 0 aliphatic carbocycles. The van der Waals surface area contributed by atoms with Crippen LogP contribution in [-0.2, 0) is 6.42 Å². The minimum Gasteiger partial charge on any atom is -0.322 e. The average Bonchev–Trinajstić information content (AvgIpc) is 2.71. The molecule has 0 radical (unpaired) electrons. The molecule has 0 spiro atoms. The zero-order valence-corrected chi connectivity index (χ0v) is 16.2. The molecular formula is C23H23N3O2. The molecule has 5 nitrogen and oxygen atoms in total. The van der Waals surface area contributed by atoms with Crippen molar-refractivity contribution in [3.63, 3.8) is 0 Å². The Morgan fingerprint density at radius 3 is 1.93 bits per heavy atom. The summed E-state index contributed by atoms with van der Waals surface area (Å²) in [6, 6.07) is 14.9. The number of nitrogens with one attached hydrogen (secondary N) is 2. The van der Waals surface area contributed by atoms with Gasteiger partial charge in [-0.2, -0.15) is 0 Å². The van der Waals surface area contributed by atoms with Crippen molar-refractivity contribution >= 4 is 23.2 Å². The summed E-state index contributed by atoms with van der Waals surface area (Å²) in [6.45, 7) is 6.08. The van der Waals surface area contributed by atoms with E-state index in [1.807, 2.05) is 56.3 Å². The second kappa shape index (κ2) is 8.48. The molecule has 0 aliphatic heterocycles. The molecular weight excluding hydrogens is 350 g/mol. The summed E-state index contributed by atoms with van der Waals surface area (Å²) in [5.74, 6) is -0.615. The van der Waals surface area contributed by atoms with Gasteiger partial charge in [0.2, 0.25) is 0 Å². The maximum absolute atomic E-state index is 12.5. The number of rotatable bonds is 5. The molecule has 0 bridgehead atoms. The number of aryl methyl sites for hydroxylation is 3. The molecule has 28 heavy (non-hydrogen) atoms. The van der Waals surface area contributed by atoms with Gasteiger partial charge in [0.05, 0.1) is 11.1 Å². The van der Waals surface area contributed by atoms with E-state index in [9.17, 15) is 9.59 Å². The van der Waals surface area contributed by atoms with Crippen LogP contribution in [-0.4, -0.2) is 16.8 Å². The molecule has 2 N–H and O–H groups in total. The van der Waals surface area contributed by atoms with E-state index < -0.39 is 0 Å². The van der Waals surface area contributed by atoms with Crippen molar-refractivity contribution in [1.82, 2.24) is 4.98 Å². The number of hydrogen-bond donors (Lipinski definition) is 2. The second-order valence-corrected chi connectivity index (χ2v) is 6.72. The third kappa shape index (κ3) is 4.62. The molecule has 5 heteroatoms.